The summed E-state index contributed by atoms with van der Waals surface area (Å²) in [5.74, 6) is 0.269. The number of aromatic amines is 1. The summed E-state index contributed by atoms with van der Waals surface area (Å²) < 4.78 is 1.00. The number of halogens is 2. The van der Waals surface area contributed by atoms with E-state index in [1.165, 1.54) is 11.3 Å². The fourth-order valence-corrected chi connectivity index (χ4v) is 4.01. The molecule has 1 aliphatic rings. The van der Waals surface area contributed by atoms with Crippen LogP contribution in [0.2, 0.25) is 8.67 Å². The van der Waals surface area contributed by atoms with Crippen molar-refractivity contribution in [1.29, 1.82) is 0 Å². The number of carbonyl (C=O) groups is 1. The zero-order chi connectivity index (χ0) is 14.1. The third-order valence-corrected chi connectivity index (χ3v) is 5.05. The number of nitrogens with one attached hydrogen (secondary N) is 1. The Morgan fingerprint density at radius 1 is 1.50 bits per heavy atom. The molecule has 106 valence electrons. The molecule has 0 aromatic carbocycles. The first-order valence-electron chi connectivity index (χ1n) is 6.38. The summed E-state index contributed by atoms with van der Waals surface area (Å²) in [5, 5.41) is 6.97. The Hall–Kier alpha value is -1.04. The number of hydrogen-bond acceptors (Lipinski definition) is 3. The topological polar surface area (TPSA) is 49.0 Å². The minimum atomic E-state index is -0.0395. The third kappa shape index (κ3) is 2.71. The van der Waals surface area contributed by atoms with E-state index >= 15 is 0 Å². The third-order valence-electron chi connectivity index (χ3n) is 3.56. The van der Waals surface area contributed by atoms with Crippen molar-refractivity contribution in [1.82, 2.24) is 15.1 Å². The molecular weight excluding hydrogens is 317 g/mol. The van der Waals surface area contributed by atoms with Gasteiger partial charge in [0.05, 0.1) is 9.90 Å². The Morgan fingerprint density at radius 2 is 2.35 bits per heavy atom. The van der Waals surface area contributed by atoms with Gasteiger partial charge in [0, 0.05) is 30.9 Å². The number of H-pyrrole nitrogens is 1. The van der Waals surface area contributed by atoms with Gasteiger partial charge in [-0.2, -0.15) is 5.10 Å². The van der Waals surface area contributed by atoms with Crippen molar-refractivity contribution in [2.75, 3.05) is 13.1 Å². The molecule has 0 bridgehead atoms. The van der Waals surface area contributed by atoms with Crippen LogP contribution in [0.25, 0.3) is 0 Å². The molecular formula is C13H13Cl2N3OS. The lowest BCUT2D eigenvalue weighted by atomic mass is 9.94. The van der Waals surface area contributed by atoms with Gasteiger partial charge in [-0.1, -0.05) is 23.2 Å². The second kappa shape index (κ2) is 5.76. The average Bonchev–Trinajstić information content (AvgIpc) is 3.08. The highest BCUT2D eigenvalue weighted by atomic mass is 35.5. The summed E-state index contributed by atoms with van der Waals surface area (Å²) >= 11 is 13.2. The van der Waals surface area contributed by atoms with Crippen LogP contribution in [-0.4, -0.2) is 34.1 Å². The van der Waals surface area contributed by atoms with E-state index in [-0.39, 0.29) is 5.91 Å². The largest absolute Gasteiger partial charge is 0.338 e. The average molecular weight is 330 g/mol. The number of likely N-dealkylation sites (tertiary alicyclic amines) is 1. The van der Waals surface area contributed by atoms with E-state index < -0.39 is 0 Å². The molecule has 7 heteroatoms. The van der Waals surface area contributed by atoms with Crippen molar-refractivity contribution < 1.29 is 4.79 Å². The standard InChI is InChI=1S/C13H13Cl2N3OS/c14-11-6-9(12(15)20-11)13(19)18-5-1-2-8(7-18)10-3-4-16-17-10/h3-4,6,8H,1-2,5,7H2,(H,16,17)/t8-/m0/s1. The van der Waals surface area contributed by atoms with E-state index in [0.29, 0.717) is 26.7 Å². The maximum absolute atomic E-state index is 12.5. The Morgan fingerprint density at radius 3 is 3.00 bits per heavy atom. The zero-order valence-corrected chi connectivity index (χ0v) is 12.9. The lowest BCUT2D eigenvalue weighted by Gasteiger charge is -2.32. The quantitative estimate of drug-likeness (QED) is 0.910. The number of thiophene rings is 1. The highest BCUT2D eigenvalue weighted by molar-refractivity contribution is 7.20. The first-order valence-corrected chi connectivity index (χ1v) is 7.96. The number of nitrogens with zero attached hydrogens (tertiary/aromatic N) is 2. The van der Waals surface area contributed by atoms with Gasteiger partial charge >= 0.3 is 0 Å². The Labute approximate surface area is 130 Å². The molecule has 3 heterocycles. The molecule has 0 aliphatic carbocycles. The van der Waals surface area contributed by atoms with Crippen LogP contribution in [-0.2, 0) is 0 Å². The van der Waals surface area contributed by atoms with Crippen LogP contribution in [0.4, 0.5) is 0 Å². The van der Waals surface area contributed by atoms with Crippen molar-refractivity contribution in [3.63, 3.8) is 0 Å². The lowest BCUT2D eigenvalue weighted by molar-refractivity contribution is 0.0706. The van der Waals surface area contributed by atoms with E-state index in [4.69, 9.17) is 23.2 Å². The van der Waals surface area contributed by atoms with Crippen molar-refractivity contribution in [2.24, 2.45) is 0 Å². The van der Waals surface area contributed by atoms with Crippen LogP contribution in [0.1, 0.15) is 34.8 Å². The molecule has 20 heavy (non-hydrogen) atoms. The highest BCUT2D eigenvalue weighted by Gasteiger charge is 2.28. The van der Waals surface area contributed by atoms with Crippen LogP contribution in [0.5, 0.6) is 0 Å². The summed E-state index contributed by atoms with van der Waals surface area (Å²) in [6, 6.07) is 3.61. The van der Waals surface area contributed by atoms with Crippen LogP contribution >= 0.6 is 34.5 Å². The van der Waals surface area contributed by atoms with Crippen LogP contribution in [0, 0.1) is 0 Å². The minimum absolute atomic E-state index is 0.0395. The number of hydrogen-bond donors (Lipinski definition) is 1. The van der Waals surface area contributed by atoms with Gasteiger partial charge in [0.25, 0.3) is 5.91 Å². The van der Waals surface area contributed by atoms with E-state index in [2.05, 4.69) is 10.2 Å². The SMILES string of the molecule is O=C(c1cc(Cl)sc1Cl)N1CCC[C@H](c2ccn[nH]2)C1. The molecule has 0 radical (unpaired) electrons. The lowest BCUT2D eigenvalue weighted by Crippen LogP contribution is -2.39. The summed E-state index contributed by atoms with van der Waals surface area (Å²) in [6.45, 7) is 1.44. The maximum atomic E-state index is 12.5. The van der Waals surface area contributed by atoms with Gasteiger partial charge in [0.1, 0.15) is 4.34 Å². The van der Waals surface area contributed by atoms with Gasteiger partial charge in [-0.25, -0.2) is 0 Å². The predicted octanol–water partition coefficient (Wildman–Crippen LogP) is 3.80. The number of piperidine rings is 1. The molecule has 1 amide bonds. The van der Waals surface area contributed by atoms with Crippen LogP contribution in [0.3, 0.4) is 0 Å². The summed E-state index contributed by atoms with van der Waals surface area (Å²) in [6.07, 6.45) is 3.78. The molecule has 0 saturated carbocycles. The van der Waals surface area contributed by atoms with E-state index in [9.17, 15) is 4.79 Å². The first-order chi connectivity index (χ1) is 9.65. The fourth-order valence-electron chi connectivity index (χ4n) is 2.57. The van der Waals surface area contributed by atoms with E-state index in [0.717, 1.165) is 25.1 Å². The fraction of sp³-hybridized carbons (Fsp3) is 0.385. The summed E-state index contributed by atoms with van der Waals surface area (Å²) in [7, 11) is 0. The second-order valence-corrected chi connectivity index (χ2v) is 7.13. The van der Waals surface area contributed by atoms with E-state index in [1.807, 2.05) is 11.0 Å². The van der Waals surface area contributed by atoms with Gasteiger partial charge in [0.15, 0.2) is 0 Å². The Kier molecular flexibility index (Phi) is 4.01. The molecule has 1 atom stereocenters. The molecule has 1 aliphatic heterocycles. The molecule has 2 aromatic rings. The number of rotatable bonds is 2. The van der Waals surface area contributed by atoms with Gasteiger partial charge < -0.3 is 4.90 Å². The molecule has 3 rings (SSSR count). The van der Waals surface area contributed by atoms with Gasteiger partial charge in [-0.05, 0) is 25.0 Å². The Bertz CT molecular complexity index is 611. The van der Waals surface area contributed by atoms with Gasteiger partial charge in [-0.15, -0.1) is 11.3 Å². The summed E-state index contributed by atoms with van der Waals surface area (Å²) in [5.41, 5.74) is 1.59. The summed E-state index contributed by atoms with van der Waals surface area (Å²) in [4.78, 5) is 14.4. The molecule has 0 unspecified atom stereocenters. The normalized spacial score (nSPS) is 19.3. The zero-order valence-electron chi connectivity index (χ0n) is 10.6. The number of amides is 1. The van der Waals surface area contributed by atoms with Crippen LogP contribution in [0.15, 0.2) is 18.3 Å². The monoisotopic (exact) mass is 329 g/mol. The van der Waals surface area contributed by atoms with Crippen molar-refractivity contribution in [3.05, 3.63) is 38.3 Å². The molecule has 1 fully saturated rings. The minimum Gasteiger partial charge on any atom is -0.338 e. The number of carbonyl (C=O) groups excluding carboxylic acids is 1. The maximum Gasteiger partial charge on any atom is 0.256 e. The Balaban J connectivity index is 1.77. The predicted molar refractivity (Wildman–Crippen MR) is 80.8 cm³/mol. The van der Waals surface area contributed by atoms with Crippen LogP contribution < -0.4 is 0 Å². The van der Waals surface area contributed by atoms with Gasteiger partial charge in [-0.3, -0.25) is 9.89 Å². The molecule has 1 saturated heterocycles. The van der Waals surface area contributed by atoms with Gasteiger partial charge in [0.2, 0.25) is 0 Å². The molecule has 4 nitrogen and oxygen atoms in total. The van der Waals surface area contributed by atoms with Crippen molar-refractivity contribution in [2.45, 2.75) is 18.8 Å². The highest BCUT2D eigenvalue weighted by Crippen LogP contribution is 2.33. The van der Waals surface area contributed by atoms with Crippen molar-refractivity contribution >= 4 is 40.4 Å². The second-order valence-electron chi connectivity index (χ2n) is 4.84. The number of aromatic nitrogens is 2. The van der Waals surface area contributed by atoms with E-state index in [1.54, 1.807) is 12.3 Å². The molecule has 1 N–H and O–H groups in total. The molecule has 0 spiro atoms. The molecule has 2 aromatic heterocycles. The smallest absolute Gasteiger partial charge is 0.256 e. The first kappa shape index (κ1) is 13.9. The van der Waals surface area contributed by atoms with Crippen molar-refractivity contribution in [3.8, 4) is 0 Å².